The maximum Gasteiger partial charge on any atom is 0.230 e. The first kappa shape index (κ1) is 9.65. The van der Waals surface area contributed by atoms with E-state index in [0.29, 0.717) is 6.54 Å². The molecule has 1 aliphatic heterocycles. The summed E-state index contributed by atoms with van der Waals surface area (Å²) in [5.41, 5.74) is 0. The fraction of sp³-hybridized carbons (Fsp3) is 0.800. The van der Waals surface area contributed by atoms with Crippen molar-refractivity contribution in [3.05, 3.63) is 0 Å². The van der Waals surface area contributed by atoms with Gasteiger partial charge in [-0.15, -0.1) is 0 Å². The number of methoxy groups -OCH3 is 1. The van der Waals surface area contributed by atoms with Crippen LogP contribution in [0.5, 0.6) is 0 Å². The minimum Gasteiger partial charge on any atom is -0.379 e. The second kappa shape index (κ2) is 3.69. The van der Waals surface area contributed by atoms with Gasteiger partial charge >= 0.3 is 0 Å². The summed E-state index contributed by atoms with van der Waals surface area (Å²) in [6.07, 6.45) is 3.27. The van der Waals surface area contributed by atoms with Crippen LogP contribution in [-0.2, 0) is 14.3 Å². The first-order chi connectivity index (χ1) is 6.72. The molecule has 0 radical (unpaired) electrons. The van der Waals surface area contributed by atoms with Crippen LogP contribution in [0, 0.1) is 0 Å². The number of likely N-dealkylation sites (tertiary alicyclic amines) is 1. The van der Waals surface area contributed by atoms with Crippen LogP contribution in [0.15, 0.2) is 0 Å². The van der Waals surface area contributed by atoms with Crippen LogP contribution in [-0.4, -0.2) is 42.4 Å². The van der Waals surface area contributed by atoms with Crippen molar-refractivity contribution in [3.63, 3.8) is 0 Å². The summed E-state index contributed by atoms with van der Waals surface area (Å²) in [4.78, 5) is 24.3. The molecule has 1 amide bonds. The van der Waals surface area contributed by atoms with Crippen molar-refractivity contribution in [1.82, 2.24) is 4.90 Å². The highest BCUT2D eigenvalue weighted by Gasteiger charge is 2.39. The van der Waals surface area contributed by atoms with Crippen LogP contribution >= 0.6 is 0 Å². The molecule has 0 N–H and O–H groups in total. The van der Waals surface area contributed by atoms with Gasteiger partial charge in [0.25, 0.3) is 0 Å². The number of carbonyl (C=O) groups excluding carboxylic acids is 2. The molecule has 0 bridgehead atoms. The lowest BCUT2D eigenvalue weighted by molar-refractivity contribution is -0.131. The summed E-state index contributed by atoms with van der Waals surface area (Å²) < 4.78 is 5.31. The molecule has 0 spiro atoms. The Balaban J connectivity index is 2.07. The molecule has 4 heteroatoms. The van der Waals surface area contributed by atoms with Gasteiger partial charge < -0.3 is 9.64 Å². The molecular formula is C10H15NO3. The summed E-state index contributed by atoms with van der Waals surface area (Å²) >= 11 is 0. The van der Waals surface area contributed by atoms with Crippen molar-refractivity contribution in [2.45, 2.75) is 37.8 Å². The zero-order valence-corrected chi connectivity index (χ0v) is 8.36. The number of hydrogen-bond donors (Lipinski definition) is 0. The normalized spacial score (nSPS) is 33.1. The second-order valence-corrected chi connectivity index (χ2v) is 4.01. The number of carbonyl (C=O) groups is 2. The Labute approximate surface area is 83.2 Å². The third-order valence-electron chi connectivity index (χ3n) is 3.14. The van der Waals surface area contributed by atoms with Crippen LogP contribution in [0.4, 0.5) is 0 Å². The van der Waals surface area contributed by atoms with Gasteiger partial charge in [-0.1, -0.05) is 0 Å². The first-order valence-corrected chi connectivity index (χ1v) is 5.06. The highest BCUT2D eigenvalue weighted by Crippen LogP contribution is 2.28. The molecule has 0 aromatic carbocycles. The van der Waals surface area contributed by atoms with Gasteiger partial charge in [-0.3, -0.25) is 9.59 Å². The molecule has 2 atom stereocenters. The molecule has 78 valence electrons. The van der Waals surface area contributed by atoms with Crippen molar-refractivity contribution >= 4 is 11.7 Å². The van der Waals surface area contributed by atoms with Crippen LogP contribution in [0.25, 0.3) is 0 Å². The molecular weight excluding hydrogens is 182 g/mol. The molecule has 1 saturated carbocycles. The zero-order valence-electron chi connectivity index (χ0n) is 8.36. The van der Waals surface area contributed by atoms with E-state index in [0.717, 1.165) is 19.3 Å². The lowest BCUT2D eigenvalue weighted by Crippen LogP contribution is -2.42. The fourth-order valence-corrected chi connectivity index (χ4v) is 2.44. The maximum absolute atomic E-state index is 11.5. The van der Waals surface area contributed by atoms with Crippen LogP contribution in [0.1, 0.15) is 25.7 Å². The van der Waals surface area contributed by atoms with Gasteiger partial charge in [-0.25, -0.2) is 0 Å². The molecule has 1 saturated heterocycles. The molecule has 2 unspecified atom stereocenters. The molecule has 4 nitrogen and oxygen atoms in total. The van der Waals surface area contributed by atoms with E-state index in [1.54, 1.807) is 12.0 Å². The molecule has 2 aliphatic rings. The predicted octanol–water partition coefficient (Wildman–Crippen LogP) is 0.355. The largest absolute Gasteiger partial charge is 0.379 e. The Hall–Kier alpha value is -0.900. The Morgan fingerprint density at radius 3 is 2.71 bits per heavy atom. The van der Waals surface area contributed by atoms with E-state index in [2.05, 4.69) is 0 Å². The number of amides is 1. The van der Waals surface area contributed by atoms with Crippen LogP contribution in [0.3, 0.4) is 0 Å². The highest BCUT2D eigenvalue weighted by atomic mass is 16.5. The number of nitrogens with zero attached hydrogens (tertiary/aromatic N) is 1. The first-order valence-electron chi connectivity index (χ1n) is 5.06. The lowest BCUT2D eigenvalue weighted by Gasteiger charge is -2.27. The van der Waals surface area contributed by atoms with Gasteiger partial charge in [0.05, 0.1) is 25.1 Å². The van der Waals surface area contributed by atoms with E-state index in [1.807, 2.05) is 0 Å². The molecule has 1 aliphatic carbocycles. The number of ketones is 1. The number of hydrogen-bond acceptors (Lipinski definition) is 3. The summed E-state index contributed by atoms with van der Waals surface area (Å²) in [5, 5.41) is 0. The van der Waals surface area contributed by atoms with Gasteiger partial charge in [0.15, 0.2) is 5.78 Å². The number of rotatable bonds is 2. The lowest BCUT2D eigenvalue weighted by atomic mass is 10.2. The van der Waals surface area contributed by atoms with Crippen molar-refractivity contribution in [2.75, 3.05) is 13.7 Å². The maximum atomic E-state index is 11.5. The Bertz CT molecular complexity index is 264. The van der Waals surface area contributed by atoms with Gasteiger partial charge in [-0.2, -0.15) is 0 Å². The van der Waals surface area contributed by atoms with Crippen LogP contribution in [0.2, 0.25) is 0 Å². The smallest absolute Gasteiger partial charge is 0.230 e. The van der Waals surface area contributed by atoms with Crippen molar-refractivity contribution in [2.24, 2.45) is 0 Å². The molecule has 0 aromatic rings. The molecule has 0 aromatic heterocycles. The van der Waals surface area contributed by atoms with Gasteiger partial charge in [0.1, 0.15) is 0 Å². The summed E-state index contributed by atoms with van der Waals surface area (Å²) in [7, 11) is 1.67. The molecule has 2 rings (SSSR count). The van der Waals surface area contributed by atoms with E-state index >= 15 is 0 Å². The summed E-state index contributed by atoms with van der Waals surface area (Å²) in [5.74, 6) is 0.0145. The Kier molecular flexibility index (Phi) is 2.54. The van der Waals surface area contributed by atoms with Crippen molar-refractivity contribution in [1.29, 1.82) is 0 Å². The molecule has 2 fully saturated rings. The minimum atomic E-state index is -0.0241. The fourth-order valence-electron chi connectivity index (χ4n) is 2.44. The second-order valence-electron chi connectivity index (χ2n) is 4.01. The quantitative estimate of drug-likeness (QED) is 0.600. The Morgan fingerprint density at radius 1 is 1.36 bits per heavy atom. The highest BCUT2D eigenvalue weighted by molar-refractivity contribution is 6.05. The van der Waals surface area contributed by atoms with Gasteiger partial charge in [0.2, 0.25) is 5.91 Å². The third-order valence-corrected chi connectivity index (χ3v) is 3.14. The summed E-state index contributed by atoms with van der Waals surface area (Å²) in [6.45, 7) is 0.295. The topological polar surface area (TPSA) is 46.6 Å². The van der Waals surface area contributed by atoms with E-state index in [1.165, 1.54) is 0 Å². The predicted molar refractivity (Wildman–Crippen MR) is 49.8 cm³/mol. The molecule has 14 heavy (non-hydrogen) atoms. The molecule has 1 heterocycles. The third kappa shape index (κ3) is 1.54. The van der Waals surface area contributed by atoms with Crippen molar-refractivity contribution in [3.8, 4) is 0 Å². The van der Waals surface area contributed by atoms with Gasteiger partial charge in [-0.05, 0) is 19.3 Å². The average Bonchev–Trinajstić information content (AvgIpc) is 2.71. The van der Waals surface area contributed by atoms with E-state index in [9.17, 15) is 9.59 Å². The number of ether oxygens (including phenoxy) is 1. The SMILES string of the molecule is COC1CCCC1N1CC(=O)CC1=O. The monoisotopic (exact) mass is 197 g/mol. The zero-order chi connectivity index (χ0) is 10.1. The standard InChI is InChI=1S/C10H15NO3/c1-14-9-4-2-3-8(9)11-6-7(12)5-10(11)13/h8-9H,2-6H2,1H3. The van der Waals surface area contributed by atoms with E-state index < -0.39 is 0 Å². The van der Waals surface area contributed by atoms with Crippen LogP contribution < -0.4 is 0 Å². The van der Waals surface area contributed by atoms with Gasteiger partial charge in [0, 0.05) is 7.11 Å². The van der Waals surface area contributed by atoms with E-state index in [-0.39, 0.29) is 30.3 Å². The summed E-state index contributed by atoms with van der Waals surface area (Å²) in [6, 6.07) is 0.138. The minimum absolute atomic E-state index is 0.0241. The average molecular weight is 197 g/mol. The number of Topliss-reactive ketones (excluding diaryl/α,β-unsaturated/α-hetero) is 1. The Morgan fingerprint density at radius 2 is 2.14 bits per heavy atom. The van der Waals surface area contributed by atoms with Crippen molar-refractivity contribution < 1.29 is 14.3 Å². The van der Waals surface area contributed by atoms with E-state index in [4.69, 9.17) is 4.74 Å².